The Morgan fingerprint density at radius 3 is 2.25 bits per heavy atom. The lowest BCUT2D eigenvalue weighted by Gasteiger charge is -2.37. The number of nitrogens with zero attached hydrogens (tertiary/aromatic N) is 2. The van der Waals surface area contributed by atoms with Crippen LogP contribution in [0.25, 0.3) is 0 Å². The topological polar surface area (TPSA) is 64.4 Å². The number of aryl methyl sites for hydroxylation is 2. The van der Waals surface area contributed by atoms with Crippen LogP contribution in [0.4, 0.5) is 5.69 Å². The quantitative estimate of drug-likeness (QED) is 0.560. The molecule has 3 aromatic rings. The molecule has 2 heterocycles. The fraction of sp³-hybridized carbons (Fsp3) is 0.320. The zero-order valence-electron chi connectivity index (χ0n) is 18.9. The summed E-state index contributed by atoms with van der Waals surface area (Å²) in [5, 5.41) is 0. The number of para-hydroxylation sites is 1. The minimum Gasteiger partial charge on any atom is -0.497 e. The summed E-state index contributed by atoms with van der Waals surface area (Å²) in [4.78, 5) is 17.1. The Morgan fingerprint density at radius 1 is 0.875 bits per heavy atom. The van der Waals surface area contributed by atoms with Gasteiger partial charge in [0.25, 0.3) is 11.9 Å². The largest absolute Gasteiger partial charge is 0.497 e. The van der Waals surface area contributed by atoms with Gasteiger partial charge in [0.15, 0.2) is 17.3 Å². The number of piperazine rings is 1. The van der Waals surface area contributed by atoms with Gasteiger partial charge in [-0.05, 0) is 43.2 Å². The molecule has 0 radical (unpaired) electrons. The molecular formula is C25H28N2O5. The molecule has 0 aliphatic carbocycles. The number of hydrogen-bond acceptors (Lipinski definition) is 6. The maximum absolute atomic E-state index is 13.0. The number of amides is 1. The van der Waals surface area contributed by atoms with Crippen LogP contribution >= 0.6 is 0 Å². The zero-order chi connectivity index (χ0) is 22.7. The number of carbonyl (C=O) groups is 1. The summed E-state index contributed by atoms with van der Waals surface area (Å²) in [5.41, 5.74) is 3.77. The highest BCUT2D eigenvalue weighted by atomic mass is 16.6. The maximum atomic E-state index is 13.0. The van der Waals surface area contributed by atoms with Gasteiger partial charge in [-0.3, -0.25) is 4.79 Å². The summed E-state index contributed by atoms with van der Waals surface area (Å²) in [7, 11) is 3.14. The van der Waals surface area contributed by atoms with E-state index in [0.29, 0.717) is 30.3 Å². The van der Waals surface area contributed by atoms with Crippen LogP contribution in [-0.2, 0) is 0 Å². The zero-order valence-corrected chi connectivity index (χ0v) is 18.9. The Labute approximate surface area is 188 Å². The molecule has 4 rings (SSSR count). The number of rotatable bonds is 6. The average molecular weight is 437 g/mol. The molecule has 1 saturated heterocycles. The molecule has 7 heteroatoms. The van der Waals surface area contributed by atoms with Gasteiger partial charge in [-0.2, -0.15) is 0 Å². The Morgan fingerprint density at radius 2 is 1.59 bits per heavy atom. The second-order valence-corrected chi connectivity index (χ2v) is 7.76. The molecule has 0 unspecified atom stereocenters. The fourth-order valence-corrected chi connectivity index (χ4v) is 4.06. The molecule has 1 fully saturated rings. The lowest BCUT2D eigenvalue weighted by molar-refractivity contribution is 0.0709. The third-order valence-corrected chi connectivity index (χ3v) is 5.70. The van der Waals surface area contributed by atoms with Gasteiger partial charge in [-0.1, -0.05) is 18.2 Å². The van der Waals surface area contributed by atoms with Crippen molar-refractivity contribution in [1.82, 2.24) is 4.90 Å². The summed E-state index contributed by atoms with van der Waals surface area (Å²) in [6.45, 7) is 7.08. The van der Waals surface area contributed by atoms with Gasteiger partial charge in [0, 0.05) is 44.0 Å². The van der Waals surface area contributed by atoms with Gasteiger partial charge < -0.3 is 28.4 Å². The second-order valence-electron chi connectivity index (χ2n) is 7.76. The molecule has 0 atom stereocenters. The predicted molar refractivity (Wildman–Crippen MR) is 122 cm³/mol. The van der Waals surface area contributed by atoms with E-state index in [-0.39, 0.29) is 17.6 Å². The number of benzene rings is 2. The first-order valence-corrected chi connectivity index (χ1v) is 10.6. The maximum Gasteiger partial charge on any atom is 0.290 e. The third kappa shape index (κ3) is 4.37. The van der Waals surface area contributed by atoms with Gasteiger partial charge in [-0.25, -0.2) is 0 Å². The first-order valence-electron chi connectivity index (χ1n) is 10.6. The van der Waals surface area contributed by atoms with E-state index in [1.54, 1.807) is 44.6 Å². The minimum absolute atomic E-state index is 0.140. The predicted octanol–water partition coefficient (Wildman–Crippen LogP) is 4.67. The molecule has 0 saturated carbocycles. The van der Waals surface area contributed by atoms with E-state index in [4.69, 9.17) is 18.6 Å². The van der Waals surface area contributed by atoms with E-state index < -0.39 is 0 Å². The summed E-state index contributed by atoms with van der Waals surface area (Å²) < 4.78 is 22.1. The number of hydrogen-bond donors (Lipinski definition) is 0. The normalized spacial score (nSPS) is 13.8. The van der Waals surface area contributed by atoms with E-state index in [2.05, 4.69) is 36.9 Å². The van der Waals surface area contributed by atoms with Gasteiger partial charge in [0.1, 0.15) is 5.75 Å². The van der Waals surface area contributed by atoms with Crippen LogP contribution in [0.5, 0.6) is 23.2 Å². The average Bonchev–Trinajstić information content (AvgIpc) is 3.27. The molecule has 1 aliphatic heterocycles. The highest BCUT2D eigenvalue weighted by molar-refractivity contribution is 5.91. The van der Waals surface area contributed by atoms with Crippen molar-refractivity contribution >= 4 is 11.6 Å². The smallest absolute Gasteiger partial charge is 0.290 e. The lowest BCUT2D eigenvalue weighted by atomic mass is 10.1. The summed E-state index contributed by atoms with van der Waals surface area (Å²) in [6.07, 6.45) is 0. The van der Waals surface area contributed by atoms with Crippen LogP contribution in [-0.4, -0.2) is 51.2 Å². The van der Waals surface area contributed by atoms with Crippen molar-refractivity contribution in [3.05, 3.63) is 65.4 Å². The van der Waals surface area contributed by atoms with Crippen molar-refractivity contribution < 1.29 is 23.4 Å². The number of carbonyl (C=O) groups excluding carboxylic acids is 1. The van der Waals surface area contributed by atoms with Gasteiger partial charge in [0.2, 0.25) is 0 Å². The van der Waals surface area contributed by atoms with E-state index in [0.717, 1.165) is 13.1 Å². The standard InChI is InChI=1S/C25H28N2O5/c1-17-6-5-7-18(2)24(17)26-12-14-27(15-13-26)25(28)21-10-11-23(31-21)32-22-16-19(29-3)8-9-20(22)30-4/h5-11,16H,12-15H2,1-4H3. The van der Waals surface area contributed by atoms with Crippen LogP contribution in [0.1, 0.15) is 21.7 Å². The second kappa shape index (κ2) is 9.26. The molecule has 32 heavy (non-hydrogen) atoms. The van der Waals surface area contributed by atoms with Crippen molar-refractivity contribution in [1.29, 1.82) is 0 Å². The van der Waals surface area contributed by atoms with Crippen molar-refractivity contribution in [3.63, 3.8) is 0 Å². The Kier molecular flexibility index (Phi) is 6.25. The van der Waals surface area contributed by atoms with Crippen LogP contribution in [0, 0.1) is 13.8 Å². The van der Waals surface area contributed by atoms with Gasteiger partial charge >= 0.3 is 0 Å². The van der Waals surface area contributed by atoms with Crippen molar-refractivity contribution in [2.75, 3.05) is 45.3 Å². The minimum atomic E-state index is -0.140. The first-order chi connectivity index (χ1) is 15.5. The van der Waals surface area contributed by atoms with Crippen molar-refractivity contribution in [2.24, 2.45) is 0 Å². The molecule has 0 bridgehead atoms. The molecule has 0 N–H and O–H groups in total. The molecule has 1 amide bonds. The van der Waals surface area contributed by atoms with Gasteiger partial charge in [0.05, 0.1) is 14.2 Å². The Bertz CT molecular complexity index is 1080. The van der Waals surface area contributed by atoms with E-state index in [9.17, 15) is 4.79 Å². The van der Waals surface area contributed by atoms with E-state index in [1.807, 2.05) is 4.90 Å². The van der Waals surface area contributed by atoms with Crippen molar-refractivity contribution in [3.8, 4) is 23.2 Å². The molecule has 1 aliphatic rings. The number of methoxy groups -OCH3 is 2. The van der Waals surface area contributed by atoms with Crippen molar-refractivity contribution in [2.45, 2.75) is 13.8 Å². The Balaban J connectivity index is 1.42. The number of anilines is 1. The summed E-state index contributed by atoms with van der Waals surface area (Å²) in [5.74, 6) is 1.94. The van der Waals surface area contributed by atoms with Crippen LogP contribution in [0.3, 0.4) is 0 Å². The van der Waals surface area contributed by atoms with Crippen LogP contribution < -0.4 is 19.1 Å². The molecular weight excluding hydrogens is 408 g/mol. The first kappa shape index (κ1) is 21.6. The molecule has 2 aromatic carbocycles. The van der Waals surface area contributed by atoms with Crippen LogP contribution in [0.2, 0.25) is 0 Å². The molecule has 168 valence electrons. The third-order valence-electron chi connectivity index (χ3n) is 5.70. The fourth-order valence-electron chi connectivity index (χ4n) is 4.06. The number of furan rings is 1. The highest BCUT2D eigenvalue weighted by Crippen LogP contribution is 2.35. The van der Waals surface area contributed by atoms with Gasteiger partial charge in [-0.15, -0.1) is 0 Å². The molecule has 0 spiro atoms. The van der Waals surface area contributed by atoms with E-state index >= 15 is 0 Å². The summed E-state index contributed by atoms with van der Waals surface area (Å²) >= 11 is 0. The molecule has 7 nitrogen and oxygen atoms in total. The monoisotopic (exact) mass is 436 g/mol. The Hall–Kier alpha value is -3.61. The molecule has 1 aromatic heterocycles. The summed E-state index contributed by atoms with van der Waals surface area (Å²) in [6, 6.07) is 14.8. The number of ether oxygens (including phenoxy) is 3. The van der Waals surface area contributed by atoms with Crippen LogP contribution in [0.15, 0.2) is 52.9 Å². The SMILES string of the molecule is COc1ccc(OC)c(Oc2ccc(C(=O)N3CCN(c4c(C)cccc4C)CC3)o2)c1. The lowest BCUT2D eigenvalue weighted by Crippen LogP contribution is -2.49. The van der Waals surface area contributed by atoms with E-state index in [1.165, 1.54) is 16.8 Å². The highest BCUT2D eigenvalue weighted by Gasteiger charge is 2.26.